The molecule has 0 spiro atoms. The number of nitrogens with zero attached hydrogens (tertiary/aromatic N) is 5. The molecule has 202 valence electrons. The van der Waals surface area contributed by atoms with E-state index >= 15 is 0 Å². The van der Waals surface area contributed by atoms with Crippen LogP contribution in [0.3, 0.4) is 0 Å². The molecule has 0 bridgehead atoms. The first-order chi connectivity index (χ1) is 17.9. The highest BCUT2D eigenvalue weighted by atomic mass is 19.1. The van der Waals surface area contributed by atoms with E-state index in [0.29, 0.717) is 13.1 Å². The van der Waals surface area contributed by atoms with Gasteiger partial charge in [-0.2, -0.15) is 4.99 Å². The van der Waals surface area contributed by atoms with Crippen molar-refractivity contribution in [3.05, 3.63) is 47.4 Å². The number of aliphatic imine (C=N–C) groups is 1. The Balaban J connectivity index is 1.60. The fourth-order valence-electron chi connectivity index (χ4n) is 3.74. The molecule has 0 atom stereocenters. The first-order valence-corrected chi connectivity index (χ1v) is 11.7. The van der Waals surface area contributed by atoms with Crippen LogP contribution >= 0.6 is 0 Å². The number of rotatable bonds is 12. The summed E-state index contributed by atoms with van der Waals surface area (Å²) < 4.78 is 44.3. The number of nitrogens with two attached hydrogens (primary N) is 1. The second-order valence-electron chi connectivity index (χ2n) is 8.19. The van der Waals surface area contributed by atoms with Crippen LogP contribution in [0.1, 0.15) is 5.56 Å². The molecule has 1 saturated heterocycles. The Morgan fingerprint density at radius 3 is 2.24 bits per heavy atom. The SMILES string of the molecule is CN/C(=C\C(N)=Nc1ncc(OCc2c(F)c(OC)cc(OC)c2F)cn1)CN1CCN(CCO)CC1. The van der Waals surface area contributed by atoms with Gasteiger partial charge in [0.1, 0.15) is 12.4 Å². The van der Waals surface area contributed by atoms with Crippen molar-refractivity contribution in [1.29, 1.82) is 0 Å². The molecule has 0 unspecified atom stereocenters. The van der Waals surface area contributed by atoms with Crippen LogP contribution in [0.5, 0.6) is 17.2 Å². The van der Waals surface area contributed by atoms with Gasteiger partial charge in [-0.3, -0.25) is 9.80 Å². The molecule has 13 heteroatoms. The summed E-state index contributed by atoms with van der Waals surface area (Å²) in [5.41, 5.74) is 6.61. The van der Waals surface area contributed by atoms with Gasteiger partial charge in [-0.15, -0.1) is 0 Å². The van der Waals surface area contributed by atoms with Gasteiger partial charge in [0, 0.05) is 64.2 Å². The molecule has 4 N–H and O–H groups in total. The van der Waals surface area contributed by atoms with E-state index in [4.69, 9.17) is 25.1 Å². The second kappa shape index (κ2) is 13.7. The minimum Gasteiger partial charge on any atom is -0.494 e. The van der Waals surface area contributed by atoms with E-state index in [2.05, 4.69) is 30.1 Å². The number of aromatic nitrogens is 2. The molecule has 3 rings (SSSR count). The van der Waals surface area contributed by atoms with Crippen molar-refractivity contribution in [1.82, 2.24) is 25.1 Å². The summed E-state index contributed by atoms with van der Waals surface area (Å²) in [6.45, 7) is 4.67. The van der Waals surface area contributed by atoms with E-state index in [1.54, 1.807) is 6.08 Å². The summed E-state index contributed by atoms with van der Waals surface area (Å²) >= 11 is 0. The lowest BCUT2D eigenvalue weighted by atomic mass is 10.1. The molecular weight excluding hydrogens is 488 g/mol. The van der Waals surface area contributed by atoms with Crippen LogP contribution in [-0.2, 0) is 6.61 Å². The zero-order chi connectivity index (χ0) is 26.8. The van der Waals surface area contributed by atoms with Gasteiger partial charge in [0.05, 0.1) is 38.8 Å². The molecule has 0 aliphatic carbocycles. The van der Waals surface area contributed by atoms with Crippen LogP contribution in [0.25, 0.3) is 0 Å². The molecule has 11 nitrogen and oxygen atoms in total. The lowest BCUT2D eigenvalue weighted by Crippen LogP contribution is -2.48. The van der Waals surface area contributed by atoms with Gasteiger partial charge in [0.2, 0.25) is 0 Å². The Kier molecular flexibility index (Phi) is 10.4. The summed E-state index contributed by atoms with van der Waals surface area (Å²) in [6, 6.07) is 1.13. The molecule has 2 heterocycles. The molecule has 1 aliphatic heterocycles. The average Bonchev–Trinajstić information content (AvgIpc) is 2.90. The van der Waals surface area contributed by atoms with Crippen LogP contribution in [0.4, 0.5) is 14.7 Å². The number of benzene rings is 1. The van der Waals surface area contributed by atoms with Gasteiger partial charge in [-0.05, 0) is 0 Å². The Morgan fingerprint density at radius 1 is 1.11 bits per heavy atom. The number of halogens is 2. The Morgan fingerprint density at radius 2 is 1.70 bits per heavy atom. The number of amidine groups is 1. The van der Waals surface area contributed by atoms with E-state index in [-0.39, 0.29) is 41.2 Å². The molecule has 0 saturated carbocycles. The minimum absolute atomic E-state index is 0.106. The predicted molar refractivity (Wildman–Crippen MR) is 134 cm³/mol. The third-order valence-corrected chi connectivity index (χ3v) is 5.81. The quantitative estimate of drug-likeness (QED) is 0.275. The van der Waals surface area contributed by atoms with Gasteiger partial charge >= 0.3 is 0 Å². The number of aliphatic hydroxyl groups is 1. The second-order valence-corrected chi connectivity index (χ2v) is 8.19. The number of likely N-dealkylation sites (N-methyl/N-ethyl adjacent to an activating group) is 1. The first-order valence-electron chi connectivity index (χ1n) is 11.7. The number of nitrogens with one attached hydrogen (secondary N) is 1. The van der Waals surface area contributed by atoms with Crippen LogP contribution < -0.4 is 25.3 Å². The zero-order valence-corrected chi connectivity index (χ0v) is 21.2. The summed E-state index contributed by atoms with van der Waals surface area (Å²) in [5, 5.41) is 12.2. The van der Waals surface area contributed by atoms with Crippen LogP contribution in [0, 0.1) is 11.6 Å². The average molecular weight is 522 g/mol. The fraction of sp³-hybridized carbons (Fsp3) is 0.458. The highest BCUT2D eigenvalue weighted by molar-refractivity contribution is 5.93. The van der Waals surface area contributed by atoms with Gasteiger partial charge in [0.15, 0.2) is 28.9 Å². The van der Waals surface area contributed by atoms with Crippen molar-refractivity contribution < 1.29 is 28.1 Å². The van der Waals surface area contributed by atoms with E-state index < -0.39 is 18.2 Å². The molecule has 1 aromatic carbocycles. The van der Waals surface area contributed by atoms with Crippen molar-refractivity contribution >= 4 is 11.8 Å². The van der Waals surface area contributed by atoms with Gasteiger partial charge in [0.25, 0.3) is 5.95 Å². The van der Waals surface area contributed by atoms with Gasteiger partial charge < -0.3 is 30.4 Å². The molecule has 1 fully saturated rings. The van der Waals surface area contributed by atoms with Gasteiger partial charge in [-0.25, -0.2) is 18.7 Å². The lowest BCUT2D eigenvalue weighted by Gasteiger charge is -2.34. The molecule has 37 heavy (non-hydrogen) atoms. The Hall–Kier alpha value is -3.55. The van der Waals surface area contributed by atoms with E-state index in [0.717, 1.165) is 37.9 Å². The first kappa shape index (κ1) is 28.0. The van der Waals surface area contributed by atoms with E-state index in [1.807, 2.05) is 7.05 Å². The number of piperazine rings is 1. The van der Waals surface area contributed by atoms with Crippen molar-refractivity contribution in [3.63, 3.8) is 0 Å². The Bertz CT molecular complexity index is 1060. The van der Waals surface area contributed by atoms with E-state index in [9.17, 15) is 8.78 Å². The standard InChI is InChI=1S/C24H33F2N7O4/c1-28-16(14-33-6-4-32(5-7-33)8-9-34)10-21(27)31-24-29-12-17(13-30-24)37-15-18-22(25)19(35-2)11-20(36-3)23(18)26/h10-13,28,34H,4-9,14-15H2,1-3H3,(H2,27,29,30,31)/b16-10-. The lowest BCUT2D eigenvalue weighted by molar-refractivity contribution is 0.117. The predicted octanol–water partition coefficient (Wildman–Crippen LogP) is 1.05. The molecule has 1 aromatic heterocycles. The smallest absolute Gasteiger partial charge is 0.251 e. The number of methoxy groups -OCH3 is 2. The monoisotopic (exact) mass is 521 g/mol. The Labute approximate surface area is 214 Å². The summed E-state index contributed by atoms with van der Waals surface area (Å²) in [6.07, 6.45) is 4.39. The number of hydrogen-bond donors (Lipinski definition) is 3. The van der Waals surface area contributed by atoms with Crippen molar-refractivity contribution in [3.8, 4) is 17.2 Å². The van der Waals surface area contributed by atoms with E-state index in [1.165, 1.54) is 26.6 Å². The number of aliphatic hydroxyl groups excluding tert-OH is 1. The summed E-state index contributed by atoms with van der Waals surface area (Å²) in [7, 11) is 4.36. The summed E-state index contributed by atoms with van der Waals surface area (Å²) in [4.78, 5) is 16.9. The van der Waals surface area contributed by atoms with Crippen LogP contribution in [0.15, 0.2) is 35.2 Å². The van der Waals surface area contributed by atoms with Crippen LogP contribution in [0.2, 0.25) is 0 Å². The molecule has 0 radical (unpaired) electrons. The molecule has 0 amide bonds. The van der Waals surface area contributed by atoms with Crippen molar-refractivity contribution in [2.45, 2.75) is 6.61 Å². The summed E-state index contributed by atoms with van der Waals surface area (Å²) in [5.74, 6) is -1.58. The normalized spacial score (nSPS) is 15.5. The maximum atomic E-state index is 14.5. The topological polar surface area (TPSA) is 131 Å². The number of ether oxygens (including phenoxy) is 3. The van der Waals surface area contributed by atoms with Gasteiger partial charge in [-0.1, -0.05) is 0 Å². The highest BCUT2D eigenvalue weighted by Crippen LogP contribution is 2.32. The number of β-amino-alcohol motifs (C(OH)–C–C–N with tert-alkyl or cyclic N) is 1. The highest BCUT2D eigenvalue weighted by Gasteiger charge is 2.21. The number of hydrogen-bond acceptors (Lipinski definition) is 10. The van der Waals surface area contributed by atoms with Crippen LogP contribution in [-0.4, -0.2) is 97.9 Å². The molecular formula is C24H33F2N7O4. The third-order valence-electron chi connectivity index (χ3n) is 5.81. The molecule has 1 aliphatic rings. The third kappa shape index (κ3) is 7.71. The van der Waals surface area contributed by atoms with Crippen molar-refractivity contribution in [2.75, 3.05) is 67.1 Å². The minimum atomic E-state index is -0.880. The molecule has 2 aromatic rings. The maximum absolute atomic E-state index is 14.5. The largest absolute Gasteiger partial charge is 0.494 e. The van der Waals surface area contributed by atoms with Crippen molar-refractivity contribution in [2.24, 2.45) is 10.7 Å². The maximum Gasteiger partial charge on any atom is 0.251 e. The fourth-order valence-corrected chi connectivity index (χ4v) is 3.74. The zero-order valence-electron chi connectivity index (χ0n) is 21.2.